The monoisotopic (exact) mass is 158 g/mol. The molecule has 58 valence electrons. The zero-order valence-corrected chi connectivity index (χ0v) is 5.23. The number of nitrogens with zero attached hydrogens (tertiary/aromatic N) is 2. The fraction of sp³-hybridized carbons (Fsp3) is 0. The molecule has 0 aliphatic heterocycles. The van der Waals surface area contributed by atoms with Gasteiger partial charge in [0.15, 0.2) is 6.20 Å². The van der Waals surface area contributed by atoms with Crippen LogP contribution >= 0.6 is 0 Å². The Kier molecular flexibility index (Phi) is 1.67. The van der Waals surface area contributed by atoms with Gasteiger partial charge in [0.2, 0.25) is 0 Å². The van der Waals surface area contributed by atoms with Crippen molar-refractivity contribution in [3.05, 3.63) is 39.5 Å². The second kappa shape index (κ2) is 2.49. The molecule has 0 aliphatic carbocycles. The summed E-state index contributed by atoms with van der Waals surface area (Å²) < 4.78 is 12.3. The number of nitro groups is 1. The smallest absolute Gasteiger partial charge is 0.548 e. The van der Waals surface area contributed by atoms with Gasteiger partial charge in [0.1, 0.15) is 4.92 Å². The lowest BCUT2D eigenvalue weighted by Gasteiger charge is -1.94. The topological polar surface area (TPSA) is 70.1 Å². The summed E-state index contributed by atoms with van der Waals surface area (Å²) in [6.45, 7) is 0. The Morgan fingerprint density at radius 3 is 2.64 bits per heavy atom. The summed E-state index contributed by atoms with van der Waals surface area (Å²) in [4.78, 5) is 8.92. The van der Waals surface area contributed by atoms with Crippen molar-refractivity contribution in [2.45, 2.75) is 0 Å². The Balaban J connectivity index is 3.32. The third-order valence-electron chi connectivity index (χ3n) is 1.06. The molecule has 0 atom stereocenters. The molecule has 6 heteroatoms. The van der Waals surface area contributed by atoms with Crippen LogP contribution in [-0.2, 0) is 0 Å². The second-order valence-corrected chi connectivity index (χ2v) is 1.76. The van der Waals surface area contributed by atoms with Crippen LogP contribution in [-0.4, -0.2) is 4.92 Å². The minimum absolute atomic E-state index is 0.130. The first-order valence-corrected chi connectivity index (χ1v) is 2.65. The zero-order chi connectivity index (χ0) is 8.43. The van der Waals surface area contributed by atoms with E-state index in [2.05, 4.69) is 0 Å². The normalized spacial score (nSPS) is 9.55. The Bertz CT molecular complexity index is 282. The second-order valence-electron chi connectivity index (χ2n) is 1.76. The molecule has 0 saturated carbocycles. The first kappa shape index (κ1) is 7.39. The van der Waals surface area contributed by atoms with E-state index >= 15 is 0 Å². The van der Waals surface area contributed by atoms with E-state index in [1.165, 1.54) is 0 Å². The van der Waals surface area contributed by atoms with Gasteiger partial charge in [0, 0.05) is 6.07 Å². The Hall–Kier alpha value is -1.72. The molecule has 0 saturated heterocycles. The first-order valence-electron chi connectivity index (χ1n) is 2.65. The number of hydrogen-bond donors (Lipinski definition) is 0. The highest BCUT2D eigenvalue weighted by atomic mass is 19.1. The summed E-state index contributed by atoms with van der Waals surface area (Å²) >= 11 is 0. The van der Waals surface area contributed by atoms with Crippen molar-refractivity contribution in [3.63, 3.8) is 0 Å². The van der Waals surface area contributed by atoms with E-state index in [1.54, 1.807) is 0 Å². The lowest BCUT2D eigenvalue weighted by molar-refractivity contribution is -0.666. The number of halogens is 1. The van der Waals surface area contributed by atoms with Crippen molar-refractivity contribution >= 4 is 5.82 Å². The van der Waals surface area contributed by atoms with Gasteiger partial charge in [0.05, 0.1) is 0 Å². The van der Waals surface area contributed by atoms with Crippen LogP contribution in [0.15, 0.2) is 18.3 Å². The van der Waals surface area contributed by atoms with Gasteiger partial charge in [-0.05, 0) is 6.07 Å². The van der Waals surface area contributed by atoms with Crippen LogP contribution < -0.4 is 4.73 Å². The van der Waals surface area contributed by atoms with E-state index in [9.17, 15) is 19.7 Å². The molecule has 0 aromatic carbocycles. The molecular formula is C5H3FN2O3. The molecule has 0 spiro atoms. The third kappa shape index (κ3) is 1.23. The molecule has 0 radical (unpaired) electrons. The number of aromatic nitrogens is 1. The average molecular weight is 158 g/mol. The molecule has 1 aromatic heterocycles. The van der Waals surface area contributed by atoms with Gasteiger partial charge < -0.3 is 5.21 Å². The number of rotatable bonds is 1. The van der Waals surface area contributed by atoms with Gasteiger partial charge in [-0.2, -0.15) is 4.39 Å². The molecule has 1 aromatic rings. The van der Waals surface area contributed by atoms with E-state index in [4.69, 9.17) is 0 Å². The minimum Gasteiger partial charge on any atom is -0.614 e. The van der Waals surface area contributed by atoms with Crippen LogP contribution in [0.4, 0.5) is 10.2 Å². The van der Waals surface area contributed by atoms with Crippen molar-refractivity contribution in [3.8, 4) is 0 Å². The summed E-state index contributed by atoms with van der Waals surface area (Å²) in [7, 11) is 0. The maximum absolute atomic E-state index is 12.4. The van der Waals surface area contributed by atoms with E-state index < -0.39 is 16.6 Å². The Labute approximate surface area is 60.4 Å². The van der Waals surface area contributed by atoms with Gasteiger partial charge in [-0.3, -0.25) is 10.1 Å². The van der Waals surface area contributed by atoms with Gasteiger partial charge >= 0.3 is 5.82 Å². The molecule has 0 N–H and O–H groups in total. The molecule has 0 fully saturated rings. The fourth-order valence-electron chi connectivity index (χ4n) is 0.624. The summed E-state index contributed by atoms with van der Waals surface area (Å²) in [6.07, 6.45) is 0.862. The van der Waals surface area contributed by atoms with Crippen molar-refractivity contribution in [1.29, 1.82) is 0 Å². The molecule has 0 unspecified atom stereocenters. The van der Waals surface area contributed by atoms with Crippen LogP contribution in [0.5, 0.6) is 0 Å². The quantitative estimate of drug-likeness (QED) is 0.256. The van der Waals surface area contributed by atoms with Crippen molar-refractivity contribution < 1.29 is 14.0 Å². The fourth-order valence-corrected chi connectivity index (χ4v) is 0.624. The molecule has 1 rings (SSSR count). The zero-order valence-electron chi connectivity index (χ0n) is 5.23. The standard InChI is InChI=1S/C5H3FN2O3/c6-4-2-1-3-7(9)5(4)8(10)11/h1-3H. The molecule has 5 nitrogen and oxygen atoms in total. The van der Waals surface area contributed by atoms with Crippen LogP contribution in [0.3, 0.4) is 0 Å². The highest BCUT2D eigenvalue weighted by Gasteiger charge is 2.24. The molecule has 0 aliphatic rings. The van der Waals surface area contributed by atoms with Crippen molar-refractivity contribution in [2.75, 3.05) is 0 Å². The summed E-state index contributed by atoms with van der Waals surface area (Å²) in [6, 6.07) is 1.95. The van der Waals surface area contributed by atoms with Crippen molar-refractivity contribution in [2.24, 2.45) is 0 Å². The predicted octanol–water partition coefficient (Wildman–Crippen LogP) is 0.367. The maximum atomic E-state index is 12.4. The van der Waals surface area contributed by atoms with Crippen LogP contribution in [0.2, 0.25) is 0 Å². The van der Waals surface area contributed by atoms with E-state index in [1.807, 2.05) is 0 Å². The molecule has 0 bridgehead atoms. The Morgan fingerprint density at radius 2 is 2.27 bits per heavy atom. The highest BCUT2D eigenvalue weighted by molar-refractivity contribution is 5.13. The Morgan fingerprint density at radius 1 is 1.64 bits per heavy atom. The largest absolute Gasteiger partial charge is 0.614 e. The van der Waals surface area contributed by atoms with Crippen LogP contribution in [0.25, 0.3) is 0 Å². The van der Waals surface area contributed by atoms with E-state index in [0.29, 0.717) is 0 Å². The maximum Gasteiger partial charge on any atom is 0.548 e. The van der Waals surface area contributed by atoms with Gasteiger partial charge in [-0.1, -0.05) is 0 Å². The number of pyridine rings is 1. The molecule has 11 heavy (non-hydrogen) atoms. The SMILES string of the molecule is O=[N+]([O-])c1c(F)ccc[n+]1[O-]. The minimum atomic E-state index is -1.13. The number of hydrogen-bond acceptors (Lipinski definition) is 3. The molecular weight excluding hydrogens is 155 g/mol. The van der Waals surface area contributed by atoms with E-state index in [-0.39, 0.29) is 4.73 Å². The lowest BCUT2D eigenvalue weighted by atomic mass is 10.4. The average Bonchev–Trinajstić information content (AvgIpc) is 1.85. The molecule has 0 amide bonds. The highest BCUT2D eigenvalue weighted by Crippen LogP contribution is 2.08. The van der Waals surface area contributed by atoms with E-state index in [0.717, 1.165) is 18.3 Å². The summed E-state index contributed by atoms with van der Waals surface area (Å²) in [5.74, 6) is -2.21. The summed E-state index contributed by atoms with van der Waals surface area (Å²) in [5.41, 5.74) is 0. The predicted molar refractivity (Wildman–Crippen MR) is 32.0 cm³/mol. The van der Waals surface area contributed by atoms with Gasteiger partial charge in [-0.15, -0.1) is 4.73 Å². The van der Waals surface area contributed by atoms with Gasteiger partial charge in [0.25, 0.3) is 5.82 Å². The van der Waals surface area contributed by atoms with Crippen LogP contribution in [0, 0.1) is 21.1 Å². The van der Waals surface area contributed by atoms with Gasteiger partial charge in [-0.25, -0.2) is 0 Å². The summed E-state index contributed by atoms with van der Waals surface area (Å²) in [5, 5.41) is 20.5. The van der Waals surface area contributed by atoms with Crippen LogP contribution in [0.1, 0.15) is 0 Å². The third-order valence-corrected chi connectivity index (χ3v) is 1.06. The lowest BCUT2D eigenvalue weighted by Crippen LogP contribution is -2.30. The molecule has 1 heterocycles. The van der Waals surface area contributed by atoms with Crippen molar-refractivity contribution in [1.82, 2.24) is 0 Å². The first-order chi connectivity index (χ1) is 5.13.